The van der Waals surface area contributed by atoms with Gasteiger partial charge < -0.3 is 24.8 Å². The van der Waals surface area contributed by atoms with E-state index in [1.54, 1.807) is 35.9 Å². The van der Waals surface area contributed by atoms with Crippen molar-refractivity contribution in [3.63, 3.8) is 0 Å². The van der Waals surface area contributed by atoms with E-state index in [4.69, 9.17) is 0 Å². The van der Waals surface area contributed by atoms with Crippen LogP contribution in [-0.2, 0) is 24.7 Å². The van der Waals surface area contributed by atoms with Crippen molar-refractivity contribution >= 4 is 6.08 Å². The average Bonchev–Trinajstić information content (AvgIpc) is 2.85. The average molecular weight is 506 g/mol. The van der Waals surface area contributed by atoms with E-state index < -0.39 is 0 Å². The molecule has 1 saturated carbocycles. The Morgan fingerprint density at radius 1 is 0.897 bits per heavy atom. The standard InChI is InChI=1S/C26H31.2ClH.Zr/c1-19(2)22-12-14-23(15-13-22)25-11-7-10-24-17-21(18-26(24)25)16-20-8-5-3-4-6-9-20;;;/h7,10-15,17-20H,3-6,8-9,16H2,1-2H3;2*1H;/q;;;+2/p-2. The number of rotatable bonds is 4. The molecule has 0 aromatic heterocycles. The first kappa shape index (κ1) is 24.9. The van der Waals surface area contributed by atoms with Crippen LogP contribution < -0.4 is 24.8 Å². The molecule has 2 aliphatic rings. The van der Waals surface area contributed by atoms with Gasteiger partial charge in [-0.2, -0.15) is 0 Å². The molecule has 0 amide bonds. The molecule has 153 valence electrons. The SMILES string of the molecule is CC(C)c1ccc(-c2cccc3c2C=C(CC2CCCCCC2)[CH]3[Zr+2])cc1.[Cl-].[Cl-]. The molecule has 1 unspecified atom stereocenters. The minimum absolute atomic E-state index is 0. The number of fused-ring (bicyclic) bond motifs is 1. The van der Waals surface area contributed by atoms with Crippen molar-refractivity contribution in [1.82, 2.24) is 0 Å². The summed E-state index contributed by atoms with van der Waals surface area (Å²) in [7, 11) is 0. The van der Waals surface area contributed by atoms with Crippen molar-refractivity contribution in [1.29, 1.82) is 0 Å². The second-order valence-corrected chi connectivity index (χ2v) is 10.2. The smallest absolute Gasteiger partial charge is 1.00 e. The fraction of sp³-hybridized carbons (Fsp3) is 0.462. The predicted octanol–water partition coefficient (Wildman–Crippen LogP) is 1.83. The van der Waals surface area contributed by atoms with Gasteiger partial charge >= 0.3 is 181 Å². The van der Waals surface area contributed by atoms with Crippen LogP contribution in [-0.4, -0.2) is 0 Å². The van der Waals surface area contributed by atoms with Gasteiger partial charge in [-0.15, -0.1) is 0 Å². The summed E-state index contributed by atoms with van der Waals surface area (Å²) in [6.07, 6.45) is 12.6. The van der Waals surface area contributed by atoms with Gasteiger partial charge in [-0.1, -0.05) is 0 Å². The molecular formula is C26H31Cl2Zr. The summed E-state index contributed by atoms with van der Waals surface area (Å²) < 4.78 is 0.672. The maximum absolute atomic E-state index is 2.56. The van der Waals surface area contributed by atoms with E-state index >= 15 is 0 Å². The first-order valence-corrected chi connectivity index (χ1v) is 12.2. The number of halogens is 2. The van der Waals surface area contributed by atoms with Crippen LogP contribution in [0.2, 0.25) is 0 Å². The second kappa shape index (κ2) is 11.3. The van der Waals surface area contributed by atoms with Crippen LogP contribution in [0.25, 0.3) is 17.2 Å². The van der Waals surface area contributed by atoms with Gasteiger partial charge in [0.05, 0.1) is 0 Å². The van der Waals surface area contributed by atoms with Crippen LogP contribution in [0.5, 0.6) is 0 Å². The Labute approximate surface area is 204 Å². The van der Waals surface area contributed by atoms with Crippen LogP contribution in [0.15, 0.2) is 48.0 Å². The first-order chi connectivity index (χ1) is 13.1. The van der Waals surface area contributed by atoms with Gasteiger partial charge in [0.25, 0.3) is 0 Å². The molecule has 0 spiro atoms. The summed E-state index contributed by atoms with van der Waals surface area (Å²) in [5, 5.41) is 0. The molecule has 4 rings (SSSR count). The summed E-state index contributed by atoms with van der Waals surface area (Å²) in [6, 6.07) is 16.2. The Morgan fingerprint density at radius 2 is 1.55 bits per heavy atom. The van der Waals surface area contributed by atoms with E-state index in [1.165, 1.54) is 67.2 Å². The Balaban J connectivity index is 0.00000150. The third-order valence-corrected chi connectivity index (χ3v) is 8.21. The van der Waals surface area contributed by atoms with Crippen LogP contribution in [0.4, 0.5) is 0 Å². The molecule has 29 heavy (non-hydrogen) atoms. The normalized spacial score (nSPS) is 19.1. The van der Waals surface area contributed by atoms with Crippen molar-refractivity contribution in [2.24, 2.45) is 5.92 Å². The van der Waals surface area contributed by atoms with Gasteiger partial charge in [-0.3, -0.25) is 0 Å². The van der Waals surface area contributed by atoms with E-state index in [0.717, 1.165) is 5.92 Å². The summed E-state index contributed by atoms with van der Waals surface area (Å²) in [5.74, 6) is 1.51. The van der Waals surface area contributed by atoms with Crippen molar-refractivity contribution in [2.45, 2.75) is 68.3 Å². The first-order valence-electron chi connectivity index (χ1n) is 10.8. The number of hydrogen-bond acceptors (Lipinski definition) is 0. The van der Waals surface area contributed by atoms with Gasteiger partial charge in [0.15, 0.2) is 0 Å². The Hall–Kier alpha value is -0.357. The molecule has 1 atom stereocenters. The summed E-state index contributed by atoms with van der Waals surface area (Å²) in [6.45, 7) is 4.53. The largest absolute Gasteiger partial charge is 1.00 e. The van der Waals surface area contributed by atoms with Crippen LogP contribution >= 0.6 is 0 Å². The zero-order valence-corrected chi connectivity index (χ0v) is 21.5. The minimum Gasteiger partial charge on any atom is -1.00 e. The molecule has 0 aliphatic heterocycles. The molecule has 0 heterocycles. The summed E-state index contributed by atoms with van der Waals surface area (Å²) in [4.78, 5) is 0. The fourth-order valence-electron chi connectivity index (χ4n) is 4.84. The summed E-state index contributed by atoms with van der Waals surface area (Å²) in [5.41, 5.74) is 9.00. The molecule has 1 fully saturated rings. The molecule has 0 N–H and O–H groups in total. The van der Waals surface area contributed by atoms with Gasteiger partial charge in [-0.25, -0.2) is 0 Å². The molecule has 2 aromatic carbocycles. The molecule has 3 heteroatoms. The van der Waals surface area contributed by atoms with Crippen molar-refractivity contribution in [2.75, 3.05) is 0 Å². The van der Waals surface area contributed by atoms with Gasteiger partial charge in [0.2, 0.25) is 0 Å². The quantitative estimate of drug-likeness (QED) is 0.557. The molecule has 2 aromatic rings. The monoisotopic (exact) mass is 503 g/mol. The van der Waals surface area contributed by atoms with E-state index in [0.29, 0.717) is 9.54 Å². The molecule has 0 saturated heterocycles. The zero-order valence-electron chi connectivity index (χ0n) is 17.6. The molecular weight excluding hydrogens is 474 g/mol. The van der Waals surface area contributed by atoms with Crippen LogP contribution in [0, 0.1) is 5.92 Å². The number of hydrogen-bond donors (Lipinski definition) is 0. The second-order valence-electron chi connectivity index (χ2n) is 8.80. The fourth-order valence-corrected chi connectivity index (χ4v) is 5.96. The number of benzene rings is 2. The molecule has 0 radical (unpaired) electrons. The molecule has 0 nitrogen and oxygen atoms in total. The summed E-state index contributed by atoms with van der Waals surface area (Å²) >= 11 is 1.65. The van der Waals surface area contributed by atoms with Crippen molar-refractivity contribution < 1.29 is 49.5 Å². The topological polar surface area (TPSA) is 0 Å². The van der Waals surface area contributed by atoms with Crippen molar-refractivity contribution in [3.05, 3.63) is 64.7 Å². The van der Waals surface area contributed by atoms with Gasteiger partial charge in [0.1, 0.15) is 0 Å². The zero-order chi connectivity index (χ0) is 18.8. The molecule has 2 aliphatic carbocycles. The third-order valence-electron chi connectivity index (χ3n) is 6.54. The van der Waals surface area contributed by atoms with E-state index in [-0.39, 0.29) is 24.8 Å². The van der Waals surface area contributed by atoms with Gasteiger partial charge in [0, 0.05) is 0 Å². The Bertz CT molecular complexity index is 815. The predicted molar refractivity (Wildman–Crippen MR) is 112 cm³/mol. The Kier molecular flexibility index (Phi) is 9.72. The van der Waals surface area contributed by atoms with E-state index in [1.807, 2.05) is 0 Å². The maximum atomic E-state index is 2.56. The van der Waals surface area contributed by atoms with Crippen LogP contribution in [0.3, 0.4) is 0 Å². The number of allylic oxidation sites excluding steroid dienone is 1. The maximum Gasteiger partial charge on any atom is -1.00 e. The van der Waals surface area contributed by atoms with E-state index in [9.17, 15) is 0 Å². The minimum atomic E-state index is 0. The van der Waals surface area contributed by atoms with E-state index in [2.05, 4.69) is 62.4 Å². The third kappa shape index (κ3) is 5.67. The van der Waals surface area contributed by atoms with Crippen molar-refractivity contribution in [3.8, 4) is 11.1 Å². The van der Waals surface area contributed by atoms with Crippen LogP contribution in [0.1, 0.15) is 85.0 Å². The van der Waals surface area contributed by atoms with Gasteiger partial charge in [-0.05, 0) is 0 Å². The molecule has 0 bridgehead atoms. The Morgan fingerprint density at radius 3 is 2.17 bits per heavy atom.